The first-order valence-electron chi connectivity index (χ1n) is 7.88. The van der Waals surface area contributed by atoms with Crippen molar-refractivity contribution in [3.05, 3.63) is 48.0 Å². The molecule has 0 radical (unpaired) electrons. The van der Waals surface area contributed by atoms with E-state index >= 15 is 0 Å². The second kappa shape index (κ2) is 8.37. The summed E-state index contributed by atoms with van der Waals surface area (Å²) in [6.45, 7) is 0.609. The topological polar surface area (TPSA) is 66.4 Å². The molecule has 2 rings (SSSR count). The van der Waals surface area contributed by atoms with Crippen LogP contribution in [0.4, 0.5) is 0 Å². The largest absolute Gasteiger partial charge is 0.481 e. The number of carbonyl (C=O) groups is 2. The van der Waals surface area contributed by atoms with Crippen LogP contribution in [0.3, 0.4) is 0 Å². The van der Waals surface area contributed by atoms with Crippen molar-refractivity contribution in [2.24, 2.45) is 11.8 Å². The molecule has 0 saturated carbocycles. The van der Waals surface area contributed by atoms with E-state index in [0.29, 0.717) is 19.4 Å². The number of unbranched alkanes of at least 4 members (excludes halogenated alkanes) is 1. The normalized spacial score (nSPS) is 20.5. The standard InChI is InChI=1S/C18H23NO3/c20-17(15-11-4-5-12-16(15)18(21)22)19-13-7-6-10-14-8-2-1-3-9-14/h1-5,8-9,15-16H,6-7,10-13H2,(H,19,20)(H,21,22)/t15-,16-/m0/s1. The average Bonchev–Trinajstić information content (AvgIpc) is 2.55. The Morgan fingerprint density at radius 1 is 1.05 bits per heavy atom. The first kappa shape index (κ1) is 16.3. The smallest absolute Gasteiger partial charge is 0.307 e. The van der Waals surface area contributed by atoms with Crippen LogP contribution in [0.2, 0.25) is 0 Å². The van der Waals surface area contributed by atoms with Crippen LogP contribution < -0.4 is 5.32 Å². The van der Waals surface area contributed by atoms with Crippen molar-refractivity contribution in [3.63, 3.8) is 0 Å². The van der Waals surface area contributed by atoms with Gasteiger partial charge in [0.25, 0.3) is 0 Å². The highest BCUT2D eigenvalue weighted by Gasteiger charge is 2.33. The predicted molar refractivity (Wildman–Crippen MR) is 85.4 cm³/mol. The number of benzene rings is 1. The Labute approximate surface area is 131 Å². The van der Waals surface area contributed by atoms with Gasteiger partial charge in [0.05, 0.1) is 11.8 Å². The summed E-state index contributed by atoms with van der Waals surface area (Å²) in [4.78, 5) is 23.3. The summed E-state index contributed by atoms with van der Waals surface area (Å²) in [5, 5.41) is 12.1. The van der Waals surface area contributed by atoms with Crippen LogP contribution >= 0.6 is 0 Å². The Hall–Kier alpha value is -2.10. The first-order valence-corrected chi connectivity index (χ1v) is 7.88. The molecule has 1 aliphatic rings. The lowest BCUT2D eigenvalue weighted by Gasteiger charge is -2.24. The van der Waals surface area contributed by atoms with Crippen LogP contribution in [-0.2, 0) is 16.0 Å². The minimum atomic E-state index is -0.881. The molecular weight excluding hydrogens is 278 g/mol. The molecule has 2 atom stereocenters. The van der Waals surface area contributed by atoms with Gasteiger partial charge in [0.1, 0.15) is 0 Å². The predicted octanol–water partition coefficient (Wildman–Crippen LogP) is 2.79. The van der Waals surface area contributed by atoms with Gasteiger partial charge in [0, 0.05) is 6.54 Å². The molecule has 1 aromatic carbocycles. The zero-order valence-electron chi connectivity index (χ0n) is 12.7. The van der Waals surface area contributed by atoms with Crippen molar-refractivity contribution < 1.29 is 14.7 Å². The second-order valence-corrected chi connectivity index (χ2v) is 5.73. The number of allylic oxidation sites excluding steroid dienone is 2. The van der Waals surface area contributed by atoms with E-state index in [0.717, 1.165) is 19.3 Å². The van der Waals surface area contributed by atoms with Gasteiger partial charge >= 0.3 is 5.97 Å². The Bertz CT molecular complexity index is 524. The minimum absolute atomic E-state index is 0.128. The molecule has 1 aliphatic carbocycles. The molecule has 0 saturated heterocycles. The number of rotatable bonds is 7. The molecule has 1 amide bonds. The van der Waals surface area contributed by atoms with E-state index in [1.807, 2.05) is 30.4 Å². The number of aliphatic carboxylic acids is 1. The van der Waals surface area contributed by atoms with E-state index in [2.05, 4.69) is 17.4 Å². The Kier molecular flexibility index (Phi) is 6.19. The van der Waals surface area contributed by atoms with Crippen LogP contribution in [0, 0.1) is 11.8 Å². The number of amides is 1. The quantitative estimate of drug-likeness (QED) is 0.601. The molecule has 0 heterocycles. The molecule has 0 fully saturated rings. The number of hydrogen-bond acceptors (Lipinski definition) is 2. The number of carboxylic acids is 1. The summed E-state index contributed by atoms with van der Waals surface area (Å²) >= 11 is 0. The van der Waals surface area contributed by atoms with Crippen molar-refractivity contribution in [1.82, 2.24) is 5.32 Å². The number of carboxylic acid groups (broad SMARTS) is 1. The minimum Gasteiger partial charge on any atom is -0.481 e. The summed E-state index contributed by atoms with van der Waals surface area (Å²) in [5.74, 6) is -2.03. The molecule has 1 aromatic rings. The van der Waals surface area contributed by atoms with Crippen LogP contribution in [-0.4, -0.2) is 23.5 Å². The molecule has 0 bridgehead atoms. The fraction of sp³-hybridized carbons (Fsp3) is 0.444. The monoisotopic (exact) mass is 301 g/mol. The molecular formula is C18H23NO3. The Balaban J connectivity index is 1.69. The fourth-order valence-corrected chi connectivity index (χ4v) is 2.82. The van der Waals surface area contributed by atoms with Crippen molar-refractivity contribution in [2.45, 2.75) is 32.1 Å². The Morgan fingerprint density at radius 3 is 2.41 bits per heavy atom. The van der Waals surface area contributed by atoms with Crippen LogP contribution in [0.1, 0.15) is 31.2 Å². The van der Waals surface area contributed by atoms with Crippen molar-refractivity contribution in [2.75, 3.05) is 6.54 Å². The maximum absolute atomic E-state index is 12.1. The van der Waals surface area contributed by atoms with E-state index in [-0.39, 0.29) is 5.91 Å². The SMILES string of the molecule is O=C(O)[C@H]1CC=CC[C@@H]1C(=O)NCCCCc1ccccc1. The number of carbonyl (C=O) groups excluding carboxylic acids is 1. The van der Waals surface area contributed by atoms with Gasteiger partial charge in [-0.25, -0.2) is 0 Å². The molecule has 0 aromatic heterocycles. The van der Waals surface area contributed by atoms with Gasteiger partial charge in [-0.3, -0.25) is 9.59 Å². The highest BCUT2D eigenvalue weighted by atomic mass is 16.4. The summed E-state index contributed by atoms with van der Waals surface area (Å²) in [6.07, 6.45) is 7.63. The number of nitrogens with one attached hydrogen (secondary N) is 1. The lowest BCUT2D eigenvalue weighted by Crippen LogP contribution is -2.39. The number of hydrogen-bond donors (Lipinski definition) is 2. The third kappa shape index (κ3) is 4.72. The fourth-order valence-electron chi connectivity index (χ4n) is 2.82. The highest BCUT2D eigenvalue weighted by molar-refractivity contribution is 5.85. The van der Waals surface area contributed by atoms with Crippen LogP contribution in [0.15, 0.2) is 42.5 Å². The van der Waals surface area contributed by atoms with E-state index in [4.69, 9.17) is 0 Å². The van der Waals surface area contributed by atoms with Gasteiger partial charge in [-0.1, -0.05) is 42.5 Å². The van der Waals surface area contributed by atoms with Gasteiger partial charge in [0.2, 0.25) is 5.91 Å². The third-order valence-corrected chi connectivity index (χ3v) is 4.12. The lowest BCUT2D eigenvalue weighted by atomic mass is 9.82. The molecule has 0 aliphatic heterocycles. The third-order valence-electron chi connectivity index (χ3n) is 4.12. The maximum Gasteiger partial charge on any atom is 0.307 e. The molecule has 118 valence electrons. The van der Waals surface area contributed by atoms with E-state index < -0.39 is 17.8 Å². The lowest BCUT2D eigenvalue weighted by molar-refractivity contribution is -0.147. The molecule has 2 N–H and O–H groups in total. The van der Waals surface area contributed by atoms with E-state index in [9.17, 15) is 14.7 Å². The highest BCUT2D eigenvalue weighted by Crippen LogP contribution is 2.25. The first-order chi connectivity index (χ1) is 10.7. The summed E-state index contributed by atoms with van der Waals surface area (Å²) in [6, 6.07) is 10.3. The van der Waals surface area contributed by atoms with Crippen molar-refractivity contribution in [3.8, 4) is 0 Å². The maximum atomic E-state index is 12.1. The Morgan fingerprint density at radius 2 is 1.73 bits per heavy atom. The number of aryl methyl sites for hydroxylation is 1. The zero-order chi connectivity index (χ0) is 15.8. The molecule has 0 spiro atoms. The zero-order valence-corrected chi connectivity index (χ0v) is 12.7. The van der Waals surface area contributed by atoms with Crippen molar-refractivity contribution >= 4 is 11.9 Å². The molecule has 4 heteroatoms. The average molecular weight is 301 g/mol. The summed E-state index contributed by atoms with van der Waals surface area (Å²) in [5.41, 5.74) is 1.30. The van der Waals surface area contributed by atoms with Gasteiger partial charge in [0.15, 0.2) is 0 Å². The van der Waals surface area contributed by atoms with Gasteiger partial charge in [-0.05, 0) is 37.7 Å². The van der Waals surface area contributed by atoms with Gasteiger partial charge in [-0.2, -0.15) is 0 Å². The molecule has 4 nitrogen and oxygen atoms in total. The van der Waals surface area contributed by atoms with E-state index in [1.165, 1.54) is 5.56 Å². The summed E-state index contributed by atoms with van der Waals surface area (Å²) < 4.78 is 0. The summed E-state index contributed by atoms with van der Waals surface area (Å²) in [7, 11) is 0. The van der Waals surface area contributed by atoms with Crippen LogP contribution in [0.5, 0.6) is 0 Å². The molecule has 22 heavy (non-hydrogen) atoms. The van der Waals surface area contributed by atoms with Gasteiger partial charge in [-0.15, -0.1) is 0 Å². The van der Waals surface area contributed by atoms with E-state index in [1.54, 1.807) is 0 Å². The van der Waals surface area contributed by atoms with Crippen molar-refractivity contribution in [1.29, 1.82) is 0 Å². The van der Waals surface area contributed by atoms with Gasteiger partial charge < -0.3 is 10.4 Å². The van der Waals surface area contributed by atoms with Crippen LogP contribution in [0.25, 0.3) is 0 Å². The second-order valence-electron chi connectivity index (χ2n) is 5.73. The molecule has 0 unspecified atom stereocenters.